The van der Waals surface area contributed by atoms with Crippen LogP contribution in [0.25, 0.3) is 0 Å². The number of nitrogens with two attached hydrogens (primary N) is 1. The van der Waals surface area contributed by atoms with Gasteiger partial charge in [-0.05, 0) is 48.6 Å². The summed E-state index contributed by atoms with van der Waals surface area (Å²) in [5.41, 5.74) is 7.75. The predicted molar refractivity (Wildman–Crippen MR) is 81.1 cm³/mol. The summed E-state index contributed by atoms with van der Waals surface area (Å²) in [4.78, 5) is 0. The molecule has 19 heavy (non-hydrogen) atoms. The van der Waals surface area contributed by atoms with Crippen molar-refractivity contribution in [1.29, 1.82) is 0 Å². The number of hydrogen-bond acceptors (Lipinski definition) is 2. The highest BCUT2D eigenvalue weighted by molar-refractivity contribution is 6.31. The first-order chi connectivity index (χ1) is 9.11. The Morgan fingerprint density at radius 3 is 2.47 bits per heavy atom. The second kappa shape index (κ2) is 6.20. The van der Waals surface area contributed by atoms with Crippen molar-refractivity contribution < 1.29 is 0 Å². The van der Waals surface area contributed by atoms with Crippen LogP contribution in [0.3, 0.4) is 0 Å². The van der Waals surface area contributed by atoms with Crippen LogP contribution in [0.5, 0.6) is 0 Å². The fraction of sp³-hybridized carbons (Fsp3) is 0.250. The summed E-state index contributed by atoms with van der Waals surface area (Å²) >= 11 is 6.22. The smallest absolute Gasteiger partial charge is 0.0515 e. The first-order valence-corrected chi connectivity index (χ1v) is 6.76. The van der Waals surface area contributed by atoms with E-state index in [0.717, 1.165) is 17.0 Å². The molecule has 0 saturated carbocycles. The van der Waals surface area contributed by atoms with E-state index in [2.05, 4.69) is 37.5 Å². The Labute approximate surface area is 119 Å². The van der Waals surface area contributed by atoms with Crippen molar-refractivity contribution in [3.05, 3.63) is 69.7 Å². The fourth-order valence-electron chi connectivity index (χ4n) is 2.18. The average Bonchev–Trinajstić information content (AvgIpc) is 2.41. The lowest BCUT2D eigenvalue weighted by atomic mass is 9.97. The van der Waals surface area contributed by atoms with Crippen LogP contribution in [0.4, 0.5) is 0 Å². The molecule has 1 atom stereocenters. The average molecular weight is 275 g/mol. The van der Waals surface area contributed by atoms with Crippen LogP contribution in [0.1, 0.15) is 28.3 Å². The summed E-state index contributed by atoms with van der Waals surface area (Å²) in [6.07, 6.45) is 0.821. The second-order valence-corrected chi connectivity index (χ2v) is 5.27. The lowest BCUT2D eigenvalue weighted by Gasteiger charge is -2.18. The van der Waals surface area contributed by atoms with Gasteiger partial charge < -0.3 is 0 Å². The zero-order chi connectivity index (χ0) is 13.8. The van der Waals surface area contributed by atoms with E-state index in [4.69, 9.17) is 17.4 Å². The van der Waals surface area contributed by atoms with Crippen LogP contribution in [0, 0.1) is 13.8 Å². The number of aryl methyl sites for hydroxylation is 2. The van der Waals surface area contributed by atoms with Crippen LogP contribution in [-0.2, 0) is 6.42 Å². The van der Waals surface area contributed by atoms with Gasteiger partial charge in [0, 0.05) is 5.02 Å². The van der Waals surface area contributed by atoms with Crippen LogP contribution in [0.15, 0.2) is 42.5 Å². The van der Waals surface area contributed by atoms with Gasteiger partial charge in [0.15, 0.2) is 0 Å². The number of rotatable bonds is 4. The van der Waals surface area contributed by atoms with Gasteiger partial charge in [0.05, 0.1) is 6.04 Å². The lowest BCUT2D eigenvalue weighted by molar-refractivity contribution is 0.552. The SMILES string of the molecule is Cc1ccc(CC(NN)c2ccccc2Cl)cc1C. The maximum atomic E-state index is 6.22. The summed E-state index contributed by atoms with van der Waals surface area (Å²) in [5, 5.41) is 0.745. The number of hydrogen-bond donors (Lipinski definition) is 2. The van der Waals surface area contributed by atoms with Crippen LogP contribution in [0.2, 0.25) is 5.02 Å². The Morgan fingerprint density at radius 1 is 1.11 bits per heavy atom. The van der Waals surface area contributed by atoms with Gasteiger partial charge in [-0.3, -0.25) is 11.3 Å². The summed E-state index contributed by atoms with van der Waals surface area (Å²) in [6, 6.07) is 14.3. The van der Waals surface area contributed by atoms with Gasteiger partial charge in [-0.25, -0.2) is 0 Å². The summed E-state index contributed by atoms with van der Waals surface area (Å²) in [6.45, 7) is 4.24. The van der Waals surface area contributed by atoms with Gasteiger partial charge >= 0.3 is 0 Å². The van der Waals surface area contributed by atoms with Crippen LogP contribution in [-0.4, -0.2) is 0 Å². The molecule has 3 N–H and O–H groups in total. The molecule has 0 fully saturated rings. The number of halogens is 1. The minimum absolute atomic E-state index is 0.0239. The minimum atomic E-state index is 0.0239. The van der Waals surface area contributed by atoms with Gasteiger partial charge in [0.25, 0.3) is 0 Å². The largest absolute Gasteiger partial charge is 0.271 e. The summed E-state index contributed by atoms with van der Waals surface area (Å²) < 4.78 is 0. The molecule has 0 saturated heterocycles. The molecule has 100 valence electrons. The van der Waals surface area contributed by atoms with E-state index in [1.165, 1.54) is 16.7 Å². The van der Waals surface area contributed by atoms with Crippen molar-refractivity contribution in [1.82, 2.24) is 5.43 Å². The number of hydrazine groups is 1. The first kappa shape index (κ1) is 14.1. The molecular formula is C16H19ClN2. The zero-order valence-corrected chi connectivity index (χ0v) is 12.0. The standard InChI is InChI=1S/C16H19ClN2/c1-11-7-8-13(9-12(11)2)10-16(19-18)14-5-3-4-6-15(14)17/h3-9,16,19H,10,18H2,1-2H3. The monoisotopic (exact) mass is 274 g/mol. The highest BCUT2D eigenvalue weighted by Crippen LogP contribution is 2.25. The molecule has 0 aromatic heterocycles. The topological polar surface area (TPSA) is 38.0 Å². The van der Waals surface area contributed by atoms with Gasteiger partial charge in [0.1, 0.15) is 0 Å². The third-order valence-electron chi connectivity index (χ3n) is 3.49. The predicted octanol–water partition coefficient (Wildman–Crippen LogP) is 3.70. The Morgan fingerprint density at radius 2 is 1.84 bits per heavy atom. The minimum Gasteiger partial charge on any atom is -0.271 e. The highest BCUT2D eigenvalue weighted by Gasteiger charge is 2.13. The molecule has 0 aliphatic rings. The molecule has 3 heteroatoms. The Bertz CT molecular complexity index is 566. The van der Waals surface area contributed by atoms with E-state index in [9.17, 15) is 0 Å². The van der Waals surface area contributed by atoms with E-state index < -0.39 is 0 Å². The van der Waals surface area contributed by atoms with Crippen molar-refractivity contribution >= 4 is 11.6 Å². The molecule has 0 heterocycles. The van der Waals surface area contributed by atoms with E-state index in [0.29, 0.717) is 0 Å². The van der Waals surface area contributed by atoms with E-state index in [-0.39, 0.29) is 6.04 Å². The first-order valence-electron chi connectivity index (χ1n) is 6.38. The van der Waals surface area contributed by atoms with Gasteiger partial charge in [-0.1, -0.05) is 48.0 Å². The van der Waals surface area contributed by atoms with E-state index in [1.807, 2.05) is 24.3 Å². The Hall–Kier alpha value is -1.35. The molecule has 0 aliphatic heterocycles. The van der Waals surface area contributed by atoms with Crippen LogP contribution >= 0.6 is 11.6 Å². The summed E-state index contributed by atoms with van der Waals surface area (Å²) in [7, 11) is 0. The Kier molecular flexibility index (Phi) is 4.59. The van der Waals surface area contributed by atoms with Crippen molar-refractivity contribution in [2.45, 2.75) is 26.3 Å². The van der Waals surface area contributed by atoms with Crippen molar-refractivity contribution in [3.8, 4) is 0 Å². The summed E-state index contributed by atoms with van der Waals surface area (Å²) in [5.74, 6) is 5.68. The van der Waals surface area contributed by atoms with Crippen molar-refractivity contribution in [3.63, 3.8) is 0 Å². The molecule has 0 bridgehead atoms. The molecule has 2 aromatic rings. The lowest BCUT2D eigenvalue weighted by Crippen LogP contribution is -2.29. The molecular weight excluding hydrogens is 256 g/mol. The number of nitrogens with one attached hydrogen (secondary N) is 1. The van der Waals surface area contributed by atoms with Crippen molar-refractivity contribution in [2.24, 2.45) is 5.84 Å². The molecule has 1 unspecified atom stereocenters. The molecule has 0 radical (unpaired) electrons. The van der Waals surface area contributed by atoms with Crippen LogP contribution < -0.4 is 11.3 Å². The molecule has 2 rings (SSSR count). The van der Waals surface area contributed by atoms with Gasteiger partial charge in [-0.15, -0.1) is 0 Å². The van der Waals surface area contributed by atoms with Gasteiger partial charge in [-0.2, -0.15) is 0 Å². The second-order valence-electron chi connectivity index (χ2n) is 4.86. The number of benzene rings is 2. The molecule has 0 amide bonds. The quantitative estimate of drug-likeness (QED) is 0.659. The molecule has 0 spiro atoms. The molecule has 2 aromatic carbocycles. The molecule has 2 nitrogen and oxygen atoms in total. The normalized spacial score (nSPS) is 12.4. The van der Waals surface area contributed by atoms with Crippen molar-refractivity contribution in [2.75, 3.05) is 0 Å². The maximum absolute atomic E-state index is 6.22. The molecule has 0 aliphatic carbocycles. The Balaban J connectivity index is 2.24. The zero-order valence-electron chi connectivity index (χ0n) is 11.3. The highest BCUT2D eigenvalue weighted by atomic mass is 35.5. The third kappa shape index (κ3) is 3.35. The van der Waals surface area contributed by atoms with E-state index in [1.54, 1.807) is 0 Å². The van der Waals surface area contributed by atoms with Gasteiger partial charge in [0.2, 0.25) is 0 Å². The fourth-order valence-corrected chi connectivity index (χ4v) is 2.45. The maximum Gasteiger partial charge on any atom is 0.0515 e. The third-order valence-corrected chi connectivity index (χ3v) is 3.84. The van der Waals surface area contributed by atoms with E-state index >= 15 is 0 Å².